The van der Waals surface area contributed by atoms with Gasteiger partial charge in [0.2, 0.25) is 0 Å². The molecule has 0 saturated heterocycles. The van der Waals surface area contributed by atoms with Gasteiger partial charge in [-0.2, -0.15) is 0 Å². The smallest absolute Gasteiger partial charge is 0.413 e. The van der Waals surface area contributed by atoms with Gasteiger partial charge in [0.15, 0.2) is 5.17 Å². The zero-order valence-corrected chi connectivity index (χ0v) is 9.93. The van der Waals surface area contributed by atoms with E-state index in [9.17, 15) is 4.79 Å². The lowest BCUT2D eigenvalue weighted by molar-refractivity contribution is 0.0564. The number of alkyl carbamates (subject to hydrolysis) is 1. The van der Waals surface area contributed by atoms with Crippen molar-refractivity contribution in [3.8, 4) is 0 Å². The largest absolute Gasteiger partial charge is 0.444 e. The number of nitrogens with one attached hydrogen (secondary N) is 1. The number of ether oxygens (including phenoxy) is 1. The molecular formula is C9H16N2O3S. The normalized spacial score (nSPS) is 21.1. The molecule has 1 heterocycles. The van der Waals surface area contributed by atoms with Gasteiger partial charge in [-0.25, -0.2) is 4.79 Å². The van der Waals surface area contributed by atoms with Gasteiger partial charge in [0, 0.05) is 5.75 Å². The number of aliphatic hydroxyl groups excluding tert-OH is 1. The number of thioether (sulfide) groups is 1. The predicted octanol–water partition coefficient (Wildman–Crippen LogP) is 0.975. The van der Waals surface area contributed by atoms with Gasteiger partial charge in [-0.05, 0) is 20.8 Å². The van der Waals surface area contributed by atoms with E-state index in [4.69, 9.17) is 9.84 Å². The van der Waals surface area contributed by atoms with Crippen LogP contribution in [-0.2, 0) is 4.74 Å². The molecule has 0 spiro atoms. The van der Waals surface area contributed by atoms with Crippen molar-refractivity contribution in [2.45, 2.75) is 32.4 Å². The highest BCUT2D eigenvalue weighted by Crippen LogP contribution is 2.16. The molecule has 5 nitrogen and oxygen atoms in total. The van der Waals surface area contributed by atoms with Crippen molar-refractivity contribution < 1.29 is 14.6 Å². The number of hydrogen-bond donors (Lipinski definition) is 2. The molecule has 1 amide bonds. The molecule has 6 heteroatoms. The lowest BCUT2D eigenvalue weighted by Gasteiger charge is -2.19. The summed E-state index contributed by atoms with van der Waals surface area (Å²) in [5.41, 5.74) is -0.510. The number of hydrogen-bond acceptors (Lipinski definition) is 5. The highest BCUT2D eigenvalue weighted by atomic mass is 32.2. The summed E-state index contributed by atoms with van der Waals surface area (Å²) < 4.78 is 5.06. The van der Waals surface area contributed by atoms with Gasteiger partial charge in [0.05, 0.1) is 12.6 Å². The fraction of sp³-hybridized carbons (Fsp3) is 0.778. The molecule has 86 valence electrons. The third-order valence-corrected chi connectivity index (χ3v) is 2.56. The number of amidine groups is 1. The van der Waals surface area contributed by atoms with Crippen molar-refractivity contribution in [3.63, 3.8) is 0 Å². The highest BCUT2D eigenvalue weighted by molar-refractivity contribution is 8.14. The maximum atomic E-state index is 11.3. The van der Waals surface area contributed by atoms with Crippen molar-refractivity contribution >= 4 is 23.0 Å². The van der Waals surface area contributed by atoms with E-state index in [1.807, 2.05) is 0 Å². The SMILES string of the molecule is CC(C)(C)OC(=O)NC1=N[C@@H](CO)CS1. The Kier molecular flexibility index (Phi) is 3.98. The standard InChI is InChI=1S/C9H16N2O3S/c1-9(2,3)14-8(13)11-7-10-6(4-12)5-15-7/h6,12H,4-5H2,1-3H3,(H,10,11,13)/t6-/m0/s1. The quantitative estimate of drug-likeness (QED) is 0.707. The Labute approximate surface area is 93.3 Å². The van der Waals surface area contributed by atoms with Crippen LogP contribution in [0.2, 0.25) is 0 Å². The molecule has 0 fully saturated rings. The molecule has 1 aliphatic rings. The van der Waals surface area contributed by atoms with Crippen LogP contribution in [0.25, 0.3) is 0 Å². The first-order valence-corrected chi connectivity index (χ1v) is 5.71. The molecule has 0 aromatic carbocycles. The van der Waals surface area contributed by atoms with Crippen LogP contribution in [0.1, 0.15) is 20.8 Å². The van der Waals surface area contributed by atoms with Crippen LogP contribution in [0.5, 0.6) is 0 Å². The molecule has 1 atom stereocenters. The summed E-state index contributed by atoms with van der Waals surface area (Å²) in [5, 5.41) is 11.9. The third-order valence-electron chi connectivity index (χ3n) is 1.53. The molecule has 2 N–H and O–H groups in total. The number of nitrogens with zero attached hydrogens (tertiary/aromatic N) is 1. The molecule has 1 aliphatic heterocycles. The maximum Gasteiger partial charge on any atom is 0.413 e. The average Bonchev–Trinajstić information content (AvgIpc) is 2.48. The Morgan fingerprint density at radius 2 is 2.40 bits per heavy atom. The molecule has 0 aromatic rings. The molecule has 0 radical (unpaired) electrons. The van der Waals surface area contributed by atoms with Gasteiger partial charge in [0.25, 0.3) is 0 Å². The van der Waals surface area contributed by atoms with Crippen molar-refractivity contribution in [2.24, 2.45) is 4.99 Å². The number of aliphatic imine (C=N–C) groups is 1. The van der Waals surface area contributed by atoms with Crippen LogP contribution in [-0.4, -0.2) is 40.4 Å². The van der Waals surface area contributed by atoms with Crippen LogP contribution < -0.4 is 5.32 Å². The van der Waals surface area contributed by atoms with E-state index in [1.54, 1.807) is 20.8 Å². The first kappa shape index (κ1) is 12.3. The molecular weight excluding hydrogens is 216 g/mol. The third kappa shape index (κ3) is 4.53. The van der Waals surface area contributed by atoms with E-state index in [1.165, 1.54) is 11.8 Å². The first-order chi connectivity index (χ1) is 6.90. The molecule has 0 aromatic heterocycles. The van der Waals surface area contributed by atoms with Crippen molar-refractivity contribution in [2.75, 3.05) is 12.4 Å². The summed E-state index contributed by atoms with van der Waals surface area (Å²) >= 11 is 1.41. The Morgan fingerprint density at radius 3 is 2.87 bits per heavy atom. The van der Waals surface area contributed by atoms with Gasteiger partial charge in [-0.3, -0.25) is 10.3 Å². The van der Waals surface area contributed by atoms with Gasteiger partial charge in [0.1, 0.15) is 5.60 Å². The number of amides is 1. The van der Waals surface area contributed by atoms with E-state index >= 15 is 0 Å². The fourth-order valence-electron chi connectivity index (χ4n) is 0.968. The molecule has 0 saturated carbocycles. The van der Waals surface area contributed by atoms with Crippen molar-refractivity contribution in [1.82, 2.24) is 5.32 Å². The van der Waals surface area contributed by atoms with Crippen molar-refractivity contribution in [1.29, 1.82) is 0 Å². The van der Waals surface area contributed by atoms with E-state index in [2.05, 4.69) is 10.3 Å². The zero-order valence-electron chi connectivity index (χ0n) is 9.11. The van der Waals surface area contributed by atoms with Gasteiger partial charge >= 0.3 is 6.09 Å². The fourth-order valence-corrected chi connectivity index (χ4v) is 1.88. The summed E-state index contributed by atoms with van der Waals surface area (Å²) in [6, 6.07) is -0.111. The second-order valence-electron chi connectivity index (χ2n) is 4.21. The Balaban J connectivity index is 2.39. The van der Waals surface area contributed by atoms with Crippen LogP contribution in [0.4, 0.5) is 4.79 Å². The lowest BCUT2D eigenvalue weighted by atomic mass is 10.2. The van der Waals surface area contributed by atoms with E-state index in [0.29, 0.717) is 10.9 Å². The number of aliphatic hydroxyl groups is 1. The second-order valence-corrected chi connectivity index (χ2v) is 5.22. The van der Waals surface area contributed by atoms with Crippen LogP contribution in [0, 0.1) is 0 Å². The van der Waals surface area contributed by atoms with Crippen LogP contribution in [0.3, 0.4) is 0 Å². The summed E-state index contributed by atoms with van der Waals surface area (Å²) in [4.78, 5) is 15.4. The Bertz CT molecular complexity index is 273. The van der Waals surface area contributed by atoms with Gasteiger partial charge in [-0.15, -0.1) is 0 Å². The summed E-state index contributed by atoms with van der Waals surface area (Å²) in [7, 11) is 0. The minimum Gasteiger partial charge on any atom is -0.444 e. The Morgan fingerprint density at radius 1 is 1.73 bits per heavy atom. The summed E-state index contributed by atoms with van der Waals surface area (Å²) in [6.07, 6.45) is -0.507. The minimum atomic E-state index is -0.510. The summed E-state index contributed by atoms with van der Waals surface area (Å²) in [5.74, 6) is 0.696. The number of carbonyl (C=O) groups excluding carboxylic acids is 1. The molecule has 0 aliphatic carbocycles. The van der Waals surface area contributed by atoms with E-state index < -0.39 is 11.7 Å². The van der Waals surface area contributed by atoms with Gasteiger partial charge in [-0.1, -0.05) is 11.8 Å². The lowest BCUT2D eigenvalue weighted by Crippen LogP contribution is -2.34. The average molecular weight is 232 g/mol. The monoisotopic (exact) mass is 232 g/mol. The van der Waals surface area contributed by atoms with E-state index in [0.717, 1.165) is 0 Å². The highest BCUT2D eigenvalue weighted by Gasteiger charge is 2.22. The second kappa shape index (κ2) is 4.85. The minimum absolute atomic E-state index is 0.00645. The van der Waals surface area contributed by atoms with Crippen molar-refractivity contribution in [3.05, 3.63) is 0 Å². The maximum absolute atomic E-state index is 11.3. The molecule has 1 rings (SSSR count). The molecule has 15 heavy (non-hydrogen) atoms. The number of carbonyl (C=O) groups is 1. The van der Waals surface area contributed by atoms with Gasteiger partial charge < -0.3 is 9.84 Å². The van der Waals surface area contributed by atoms with E-state index in [-0.39, 0.29) is 12.6 Å². The molecule has 0 bridgehead atoms. The number of rotatable bonds is 1. The zero-order chi connectivity index (χ0) is 11.5. The first-order valence-electron chi connectivity index (χ1n) is 4.72. The summed E-state index contributed by atoms with van der Waals surface area (Å²) in [6.45, 7) is 5.40. The van der Waals surface area contributed by atoms with Crippen LogP contribution in [0.15, 0.2) is 4.99 Å². The predicted molar refractivity (Wildman–Crippen MR) is 60.1 cm³/mol. The topological polar surface area (TPSA) is 70.9 Å². The molecule has 0 unspecified atom stereocenters. The van der Waals surface area contributed by atoms with Crippen LogP contribution >= 0.6 is 11.8 Å². The Hall–Kier alpha value is -0.750.